The molecule has 2 rings (SSSR count). The summed E-state index contributed by atoms with van der Waals surface area (Å²) in [4.78, 5) is 22.6. The van der Waals surface area contributed by atoms with Crippen molar-refractivity contribution in [3.8, 4) is 0 Å². The zero-order valence-corrected chi connectivity index (χ0v) is 13.3. The van der Waals surface area contributed by atoms with Crippen LogP contribution in [0.5, 0.6) is 0 Å². The second kappa shape index (κ2) is 7.54. The van der Waals surface area contributed by atoms with E-state index < -0.39 is 4.92 Å². The van der Waals surface area contributed by atoms with Gasteiger partial charge in [0.1, 0.15) is 0 Å². The Kier molecular flexibility index (Phi) is 5.46. The SMILES string of the molecule is Cc1cc(C(=O)N[C@@H](C)CCc2ccccc2)ccc1[N+](=O)[O-]. The number of nitrogens with one attached hydrogen (secondary N) is 1. The lowest BCUT2D eigenvalue weighted by atomic mass is 10.1. The van der Waals surface area contributed by atoms with E-state index in [1.807, 2.05) is 25.1 Å². The number of nitro groups is 1. The molecule has 23 heavy (non-hydrogen) atoms. The molecule has 0 radical (unpaired) electrons. The van der Waals surface area contributed by atoms with Gasteiger partial charge in [0.2, 0.25) is 0 Å². The number of nitrogens with zero attached hydrogens (tertiary/aromatic N) is 1. The summed E-state index contributed by atoms with van der Waals surface area (Å²) in [6, 6.07) is 14.5. The molecule has 0 aliphatic carbocycles. The Morgan fingerprint density at radius 1 is 1.22 bits per heavy atom. The maximum atomic E-state index is 12.2. The molecule has 0 aromatic heterocycles. The summed E-state index contributed by atoms with van der Waals surface area (Å²) in [6.07, 6.45) is 1.73. The van der Waals surface area contributed by atoms with E-state index in [-0.39, 0.29) is 17.6 Å². The predicted molar refractivity (Wildman–Crippen MR) is 89.5 cm³/mol. The zero-order chi connectivity index (χ0) is 16.8. The molecule has 120 valence electrons. The Morgan fingerprint density at radius 2 is 1.91 bits per heavy atom. The van der Waals surface area contributed by atoms with E-state index in [1.165, 1.54) is 17.7 Å². The maximum Gasteiger partial charge on any atom is 0.272 e. The fourth-order valence-electron chi connectivity index (χ4n) is 2.41. The smallest absolute Gasteiger partial charge is 0.272 e. The highest BCUT2D eigenvalue weighted by Gasteiger charge is 2.15. The van der Waals surface area contributed by atoms with E-state index in [2.05, 4.69) is 17.4 Å². The molecule has 0 saturated carbocycles. The van der Waals surface area contributed by atoms with Gasteiger partial charge in [-0.2, -0.15) is 0 Å². The predicted octanol–water partition coefficient (Wildman–Crippen LogP) is 3.65. The lowest BCUT2D eigenvalue weighted by Crippen LogP contribution is -2.32. The van der Waals surface area contributed by atoms with Crippen molar-refractivity contribution in [2.75, 3.05) is 0 Å². The van der Waals surface area contributed by atoms with Gasteiger partial charge >= 0.3 is 0 Å². The van der Waals surface area contributed by atoms with Gasteiger partial charge < -0.3 is 5.32 Å². The molecule has 0 unspecified atom stereocenters. The lowest BCUT2D eigenvalue weighted by molar-refractivity contribution is -0.385. The molecule has 0 aliphatic rings. The van der Waals surface area contributed by atoms with Crippen molar-refractivity contribution in [3.05, 3.63) is 75.3 Å². The van der Waals surface area contributed by atoms with E-state index in [0.29, 0.717) is 11.1 Å². The molecule has 0 aliphatic heterocycles. The van der Waals surface area contributed by atoms with E-state index in [1.54, 1.807) is 13.0 Å². The average Bonchev–Trinajstić information content (AvgIpc) is 2.53. The maximum absolute atomic E-state index is 12.2. The Hall–Kier alpha value is -2.69. The number of nitro benzene ring substituents is 1. The Balaban J connectivity index is 1.93. The van der Waals surface area contributed by atoms with Crippen LogP contribution in [0.25, 0.3) is 0 Å². The average molecular weight is 312 g/mol. The third-order valence-electron chi connectivity index (χ3n) is 3.74. The third-order valence-corrected chi connectivity index (χ3v) is 3.74. The topological polar surface area (TPSA) is 72.2 Å². The summed E-state index contributed by atoms with van der Waals surface area (Å²) in [6.45, 7) is 3.59. The van der Waals surface area contributed by atoms with E-state index in [0.717, 1.165) is 12.8 Å². The van der Waals surface area contributed by atoms with Crippen molar-refractivity contribution in [2.45, 2.75) is 32.7 Å². The van der Waals surface area contributed by atoms with Gasteiger partial charge in [0, 0.05) is 23.2 Å². The minimum atomic E-state index is -0.445. The molecule has 0 saturated heterocycles. The molecule has 0 fully saturated rings. The van der Waals surface area contributed by atoms with Gasteiger partial charge in [-0.1, -0.05) is 30.3 Å². The number of carbonyl (C=O) groups is 1. The van der Waals surface area contributed by atoms with Crippen molar-refractivity contribution in [1.82, 2.24) is 5.32 Å². The van der Waals surface area contributed by atoms with Gasteiger partial charge in [-0.05, 0) is 44.4 Å². The summed E-state index contributed by atoms with van der Waals surface area (Å²) in [7, 11) is 0. The van der Waals surface area contributed by atoms with Crippen molar-refractivity contribution in [3.63, 3.8) is 0 Å². The third kappa shape index (κ3) is 4.64. The summed E-state index contributed by atoms with van der Waals surface area (Å²) < 4.78 is 0. The number of aryl methyl sites for hydroxylation is 2. The van der Waals surface area contributed by atoms with Gasteiger partial charge in [0.15, 0.2) is 0 Å². The van der Waals surface area contributed by atoms with Crippen LogP contribution < -0.4 is 5.32 Å². The molecule has 0 bridgehead atoms. The van der Waals surface area contributed by atoms with Crippen molar-refractivity contribution >= 4 is 11.6 Å². The number of carbonyl (C=O) groups excluding carboxylic acids is 1. The highest BCUT2D eigenvalue weighted by molar-refractivity contribution is 5.94. The van der Waals surface area contributed by atoms with Gasteiger partial charge in [0.05, 0.1) is 4.92 Å². The van der Waals surface area contributed by atoms with E-state index in [9.17, 15) is 14.9 Å². The standard InChI is InChI=1S/C18H20N2O3/c1-13-12-16(10-11-17(13)20(22)23)18(21)19-14(2)8-9-15-6-4-3-5-7-15/h3-7,10-12,14H,8-9H2,1-2H3,(H,19,21)/t14-/m0/s1. The van der Waals surface area contributed by atoms with Gasteiger partial charge in [-0.3, -0.25) is 14.9 Å². The molecule has 1 N–H and O–H groups in total. The molecule has 0 heterocycles. The van der Waals surface area contributed by atoms with Crippen molar-refractivity contribution in [1.29, 1.82) is 0 Å². The fourth-order valence-corrected chi connectivity index (χ4v) is 2.41. The first-order valence-electron chi connectivity index (χ1n) is 7.57. The zero-order valence-electron chi connectivity index (χ0n) is 13.3. The van der Waals surface area contributed by atoms with Crippen LogP contribution in [0.1, 0.15) is 34.8 Å². The van der Waals surface area contributed by atoms with Crippen molar-refractivity contribution in [2.24, 2.45) is 0 Å². The molecule has 2 aromatic carbocycles. The first-order chi connectivity index (χ1) is 11.0. The summed E-state index contributed by atoms with van der Waals surface area (Å²) in [5.74, 6) is -0.205. The molecule has 2 aromatic rings. The molecule has 5 nitrogen and oxygen atoms in total. The molecule has 1 atom stereocenters. The normalized spacial score (nSPS) is 11.7. The van der Waals surface area contributed by atoms with Crippen molar-refractivity contribution < 1.29 is 9.72 Å². The summed E-state index contributed by atoms with van der Waals surface area (Å²) in [5, 5.41) is 13.7. The first kappa shape index (κ1) is 16.7. The van der Waals surface area contributed by atoms with Crippen LogP contribution in [0, 0.1) is 17.0 Å². The second-order valence-corrected chi connectivity index (χ2v) is 5.66. The Labute approximate surface area is 135 Å². The van der Waals surface area contributed by atoms with Crippen LogP contribution in [0.4, 0.5) is 5.69 Å². The Morgan fingerprint density at radius 3 is 2.52 bits per heavy atom. The van der Waals surface area contributed by atoms with Gasteiger partial charge in [-0.25, -0.2) is 0 Å². The molecule has 0 spiro atoms. The van der Waals surface area contributed by atoms with Gasteiger partial charge in [-0.15, -0.1) is 0 Å². The fraction of sp³-hybridized carbons (Fsp3) is 0.278. The number of benzene rings is 2. The molecular formula is C18H20N2O3. The molecule has 5 heteroatoms. The second-order valence-electron chi connectivity index (χ2n) is 5.66. The highest BCUT2D eigenvalue weighted by Crippen LogP contribution is 2.18. The van der Waals surface area contributed by atoms with Crippen LogP contribution in [0.2, 0.25) is 0 Å². The number of hydrogen-bond acceptors (Lipinski definition) is 3. The van der Waals surface area contributed by atoms with E-state index >= 15 is 0 Å². The highest BCUT2D eigenvalue weighted by atomic mass is 16.6. The number of amides is 1. The largest absolute Gasteiger partial charge is 0.350 e. The first-order valence-corrected chi connectivity index (χ1v) is 7.57. The number of hydrogen-bond donors (Lipinski definition) is 1. The monoisotopic (exact) mass is 312 g/mol. The summed E-state index contributed by atoms with van der Waals surface area (Å²) >= 11 is 0. The van der Waals surface area contributed by atoms with Crippen LogP contribution in [0.3, 0.4) is 0 Å². The van der Waals surface area contributed by atoms with Crippen LogP contribution in [-0.2, 0) is 6.42 Å². The number of rotatable bonds is 6. The molecule has 1 amide bonds. The van der Waals surface area contributed by atoms with Crippen LogP contribution in [-0.4, -0.2) is 16.9 Å². The quantitative estimate of drug-likeness (QED) is 0.653. The summed E-state index contributed by atoms with van der Waals surface area (Å²) in [5.41, 5.74) is 2.19. The van der Waals surface area contributed by atoms with Gasteiger partial charge in [0.25, 0.3) is 11.6 Å². The Bertz CT molecular complexity index is 699. The van der Waals surface area contributed by atoms with E-state index in [4.69, 9.17) is 0 Å². The minimum absolute atomic E-state index is 0.0261. The van der Waals surface area contributed by atoms with Crippen LogP contribution in [0.15, 0.2) is 48.5 Å². The molecular weight excluding hydrogens is 292 g/mol. The van der Waals surface area contributed by atoms with Crippen LogP contribution >= 0.6 is 0 Å². The lowest BCUT2D eigenvalue weighted by Gasteiger charge is -2.14. The minimum Gasteiger partial charge on any atom is -0.350 e.